The molecular weight excluding hydrogens is 246 g/mol. The molecule has 17 heavy (non-hydrogen) atoms. The summed E-state index contributed by atoms with van der Waals surface area (Å²) in [4.78, 5) is 4.16. The van der Waals surface area contributed by atoms with Crippen molar-refractivity contribution in [3.05, 3.63) is 35.5 Å². The molecule has 0 spiro atoms. The predicted octanol–water partition coefficient (Wildman–Crippen LogP) is 3.02. The second-order valence-corrected chi connectivity index (χ2v) is 3.85. The van der Waals surface area contributed by atoms with Gasteiger partial charge in [0.15, 0.2) is 0 Å². The summed E-state index contributed by atoms with van der Waals surface area (Å²) in [5.74, 6) is 0.100. The highest BCUT2D eigenvalue weighted by atomic mass is 27.1. The number of fused-ring (bicyclic) bond motifs is 1. The standard InChI is InChI=1S/C11H8F3NO.Al/c1-6-2-3-7-4-8(11(12,13)14)5-9(16)10(7)15-6;/h2-5,16H,1H3;/q;+1/p-1. The molecule has 2 radical (unpaired) electrons. The minimum atomic E-state index is -4.39. The average Bonchev–Trinajstić information content (AvgIpc) is 2.26. The summed E-state index contributed by atoms with van der Waals surface area (Å²) in [6, 6.07) is 5.27. The Hall–Kier alpha value is -1.25. The van der Waals surface area contributed by atoms with Crippen molar-refractivity contribution in [1.29, 1.82) is 0 Å². The van der Waals surface area contributed by atoms with Gasteiger partial charge in [-0.25, -0.2) is 4.98 Å². The van der Waals surface area contributed by atoms with Crippen LogP contribution < -0.4 is 3.79 Å². The van der Waals surface area contributed by atoms with Gasteiger partial charge in [-0.1, -0.05) is 6.07 Å². The number of hydrogen-bond donors (Lipinski definition) is 0. The van der Waals surface area contributed by atoms with Gasteiger partial charge in [0.05, 0.1) is 5.56 Å². The van der Waals surface area contributed by atoms with Crippen molar-refractivity contribution in [2.45, 2.75) is 13.1 Å². The van der Waals surface area contributed by atoms with Gasteiger partial charge >= 0.3 is 22.8 Å². The van der Waals surface area contributed by atoms with Gasteiger partial charge in [0.1, 0.15) is 11.3 Å². The first-order valence-corrected chi connectivity index (χ1v) is 5.24. The predicted molar refractivity (Wildman–Crippen MR) is 57.9 cm³/mol. The molecule has 0 unspecified atom stereocenters. The number of aryl methyl sites for hydroxylation is 1. The third-order valence-corrected chi connectivity index (χ3v) is 2.60. The van der Waals surface area contributed by atoms with Crippen LogP contribution in [-0.2, 0) is 6.18 Å². The Bertz CT molecular complexity index is 568. The second kappa shape index (κ2) is 4.21. The molecule has 0 aliphatic carbocycles. The Morgan fingerprint density at radius 2 is 1.94 bits per heavy atom. The monoisotopic (exact) mass is 253 g/mol. The van der Waals surface area contributed by atoms with E-state index in [4.69, 9.17) is 3.79 Å². The molecule has 0 aliphatic rings. The molecule has 0 amide bonds. The number of nitrogens with zero attached hydrogens (tertiary/aromatic N) is 1. The van der Waals surface area contributed by atoms with E-state index in [1.165, 1.54) is 0 Å². The van der Waals surface area contributed by atoms with Crippen LogP contribution in [0.15, 0.2) is 24.3 Å². The van der Waals surface area contributed by atoms with Gasteiger partial charge in [-0.2, -0.15) is 13.2 Å². The molecule has 0 N–H and O–H groups in total. The molecule has 0 bridgehead atoms. The fourth-order valence-electron chi connectivity index (χ4n) is 1.55. The number of rotatable bonds is 1. The number of halogens is 3. The van der Waals surface area contributed by atoms with Gasteiger partial charge in [-0.3, -0.25) is 0 Å². The number of hydrogen-bond acceptors (Lipinski definition) is 2. The Morgan fingerprint density at radius 1 is 1.24 bits per heavy atom. The van der Waals surface area contributed by atoms with Gasteiger partial charge < -0.3 is 3.79 Å². The molecule has 0 saturated heterocycles. The lowest BCUT2D eigenvalue weighted by molar-refractivity contribution is -0.137. The second-order valence-electron chi connectivity index (χ2n) is 3.61. The summed E-state index contributed by atoms with van der Waals surface area (Å²) >= 11 is 1.94. The first-order valence-electron chi connectivity index (χ1n) is 4.77. The van der Waals surface area contributed by atoms with E-state index in [1.54, 1.807) is 19.1 Å². The van der Waals surface area contributed by atoms with Gasteiger partial charge in [-0.05, 0) is 25.1 Å². The van der Waals surface area contributed by atoms with Gasteiger partial charge in [0, 0.05) is 11.1 Å². The van der Waals surface area contributed by atoms with E-state index in [0.717, 1.165) is 17.8 Å². The SMILES string of the molecule is Cc1ccc2cc(C(F)(F)F)cc([O][Al])c2n1. The Kier molecular flexibility index (Phi) is 3.02. The van der Waals surface area contributed by atoms with Gasteiger partial charge in [0.25, 0.3) is 0 Å². The first kappa shape index (κ1) is 12.2. The molecule has 0 saturated carbocycles. The van der Waals surface area contributed by atoms with Crippen molar-refractivity contribution >= 4 is 27.5 Å². The molecule has 1 heterocycles. The molecule has 0 fully saturated rings. The lowest BCUT2D eigenvalue weighted by Gasteiger charge is -2.12. The van der Waals surface area contributed by atoms with Gasteiger partial charge in [0.2, 0.25) is 0 Å². The molecule has 6 heteroatoms. The van der Waals surface area contributed by atoms with Crippen LogP contribution in [0, 0.1) is 6.92 Å². The molecule has 1 aromatic carbocycles. The van der Waals surface area contributed by atoms with Crippen molar-refractivity contribution in [3.8, 4) is 5.75 Å². The summed E-state index contributed by atoms with van der Waals surface area (Å²) in [5.41, 5.74) is 0.404. The molecule has 0 aliphatic heterocycles. The van der Waals surface area contributed by atoms with E-state index in [2.05, 4.69) is 4.98 Å². The van der Waals surface area contributed by atoms with E-state index in [9.17, 15) is 13.2 Å². The highest BCUT2D eigenvalue weighted by Gasteiger charge is 2.31. The third kappa shape index (κ3) is 2.38. The maximum atomic E-state index is 12.6. The Labute approximate surface area is 104 Å². The van der Waals surface area contributed by atoms with Crippen LogP contribution in [0.3, 0.4) is 0 Å². The normalized spacial score (nSPS) is 11.8. The van der Waals surface area contributed by atoms with Crippen LogP contribution >= 0.6 is 0 Å². The van der Waals surface area contributed by atoms with E-state index < -0.39 is 11.7 Å². The van der Waals surface area contributed by atoms with Crippen molar-refractivity contribution in [1.82, 2.24) is 4.98 Å². The van der Waals surface area contributed by atoms with Crippen LogP contribution in [0.1, 0.15) is 11.3 Å². The van der Waals surface area contributed by atoms with E-state index in [0.29, 0.717) is 10.9 Å². The van der Waals surface area contributed by atoms with Crippen LogP contribution in [0.25, 0.3) is 10.9 Å². The fraction of sp³-hybridized carbons (Fsp3) is 0.182. The zero-order valence-electron chi connectivity index (χ0n) is 8.88. The number of pyridine rings is 1. The number of benzene rings is 1. The lowest BCUT2D eigenvalue weighted by atomic mass is 10.1. The highest BCUT2D eigenvalue weighted by molar-refractivity contribution is 6.02. The summed E-state index contributed by atoms with van der Waals surface area (Å²) in [7, 11) is 0. The van der Waals surface area contributed by atoms with Crippen LogP contribution in [0.2, 0.25) is 0 Å². The van der Waals surface area contributed by atoms with Crippen molar-refractivity contribution < 1.29 is 17.0 Å². The minimum absolute atomic E-state index is 0.100. The molecular formula is C11H7AlF3NO. The van der Waals surface area contributed by atoms with Crippen LogP contribution in [-0.4, -0.2) is 21.6 Å². The molecule has 1 aromatic heterocycles. The lowest BCUT2D eigenvalue weighted by Crippen LogP contribution is -2.05. The molecule has 2 rings (SSSR count). The third-order valence-electron chi connectivity index (χ3n) is 2.35. The Morgan fingerprint density at radius 3 is 2.53 bits per heavy atom. The number of alkyl halides is 3. The largest absolute Gasteiger partial charge is 0.652 e. The zero-order valence-corrected chi connectivity index (χ0v) is 10.0. The van der Waals surface area contributed by atoms with Gasteiger partial charge in [-0.15, -0.1) is 0 Å². The van der Waals surface area contributed by atoms with Crippen molar-refractivity contribution in [2.75, 3.05) is 0 Å². The highest BCUT2D eigenvalue weighted by Crippen LogP contribution is 2.35. The van der Waals surface area contributed by atoms with E-state index in [-0.39, 0.29) is 5.75 Å². The quantitative estimate of drug-likeness (QED) is 0.729. The smallest absolute Gasteiger partial charge is 0.482 e. The fourth-order valence-corrected chi connectivity index (χ4v) is 1.73. The van der Waals surface area contributed by atoms with E-state index in [1.807, 2.05) is 16.6 Å². The number of aromatic nitrogens is 1. The summed E-state index contributed by atoms with van der Waals surface area (Å²) in [6.45, 7) is 1.77. The molecule has 2 aromatic rings. The van der Waals surface area contributed by atoms with E-state index >= 15 is 0 Å². The first-order chi connectivity index (χ1) is 7.91. The van der Waals surface area contributed by atoms with Crippen LogP contribution in [0.5, 0.6) is 5.75 Å². The molecule has 86 valence electrons. The zero-order chi connectivity index (χ0) is 12.6. The Balaban J connectivity index is 2.75. The molecule has 0 atom stereocenters. The maximum Gasteiger partial charge on any atom is 0.482 e. The average molecular weight is 253 g/mol. The summed E-state index contributed by atoms with van der Waals surface area (Å²) in [5, 5.41) is 0.405. The van der Waals surface area contributed by atoms with Crippen molar-refractivity contribution in [3.63, 3.8) is 0 Å². The minimum Gasteiger partial charge on any atom is -0.652 e. The topological polar surface area (TPSA) is 22.1 Å². The maximum absolute atomic E-state index is 12.6. The van der Waals surface area contributed by atoms with Crippen LogP contribution in [0.4, 0.5) is 13.2 Å². The summed E-state index contributed by atoms with van der Waals surface area (Å²) in [6.07, 6.45) is -4.39. The summed E-state index contributed by atoms with van der Waals surface area (Å²) < 4.78 is 42.8. The van der Waals surface area contributed by atoms with Crippen molar-refractivity contribution in [2.24, 2.45) is 0 Å². The molecule has 2 nitrogen and oxygen atoms in total.